The van der Waals surface area contributed by atoms with E-state index in [-0.39, 0.29) is 24.2 Å². The Bertz CT molecular complexity index is 1490. The minimum atomic E-state index is -0.381. The number of carbonyl (C=O) groups excluding carboxylic acids is 1. The molecule has 0 aliphatic carbocycles. The molecule has 0 bridgehead atoms. The SMILES string of the molecule is Cc1cc(Nc2nc(Sc3ccc(NC(=O)CN4CC(=NO)[C@@H](OC(C)(C)C)C4)cc3)nn3cccc23)n[nH]1. The van der Waals surface area contributed by atoms with Crippen molar-refractivity contribution in [3.63, 3.8) is 0 Å². The van der Waals surface area contributed by atoms with Crippen molar-refractivity contribution in [2.75, 3.05) is 30.3 Å². The quantitative estimate of drug-likeness (QED) is 0.190. The molecule has 39 heavy (non-hydrogen) atoms. The molecule has 4 N–H and O–H groups in total. The number of hydrogen-bond donors (Lipinski definition) is 4. The van der Waals surface area contributed by atoms with Crippen LogP contribution < -0.4 is 10.6 Å². The Hall–Kier alpha value is -3.94. The molecule has 12 nitrogen and oxygen atoms in total. The number of nitrogens with one attached hydrogen (secondary N) is 3. The molecule has 204 valence electrons. The Balaban J connectivity index is 1.20. The third kappa shape index (κ3) is 6.74. The number of aromatic amines is 1. The Morgan fingerprint density at radius 1 is 1.28 bits per heavy atom. The molecule has 4 aromatic rings. The topological polar surface area (TPSA) is 145 Å². The summed E-state index contributed by atoms with van der Waals surface area (Å²) in [6.45, 7) is 8.80. The molecule has 1 saturated heterocycles. The standard InChI is InChI=1S/C26H31N9O3S/c1-16-12-22(31-30-16)28-24-20-6-5-11-35(20)32-25(29-24)39-18-9-7-17(8-10-18)27-23(36)15-34-13-19(33-37)21(14-34)38-26(2,3)4/h5-12,21,37H,13-15H2,1-4H3,(H,27,36)(H2,28,29,30,31,32)/t21-/m0/s1. The lowest BCUT2D eigenvalue weighted by atomic mass is 10.1. The maximum Gasteiger partial charge on any atom is 0.238 e. The minimum absolute atomic E-state index is 0.158. The minimum Gasteiger partial charge on any atom is -0.411 e. The number of amides is 1. The Morgan fingerprint density at radius 3 is 2.77 bits per heavy atom. The van der Waals surface area contributed by atoms with E-state index in [9.17, 15) is 10.0 Å². The number of aryl methyl sites for hydroxylation is 1. The molecule has 1 atom stereocenters. The van der Waals surface area contributed by atoms with Crippen molar-refractivity contribution in [2.24, 2.45) is 5.16 Å². The van der Waals surface area contributed by atoms with Gasteiger partial charge in [-0.05, 0) is 75.9 Å². The van der Waals surface area contributed by atoms with Crippen LogP contribution in [0.4, 0.5) is 17.3 Å². The molecule has 1 amide bonds. The molecule has 3 aromatic heterocycles. The lowest BCUT2D eigenvalue weighted by molar-refractivity contribution is -0.117. The number of likely N-dealkylation sites (tertiary alicyclic amines) is 1. The fourth-order valence-electron chi connectivity index (χ4n) is 4.25. The highest BCUT2D eigenvalue weighted by Crippen LogP contribution is 2.29. The van der Waals surface area contributed by atoms with Crippen LogP contribution in [0.5, 0.6) is 0 Å². The van der Waals surface area contributed by atoms with Crippen molar-refractivity contribution in [1.29, 1.82) is 0 Å². The fourth-order valence-corrected chi connectivity index (χ4v) is 5.00. The van der Waals surface area contributed by atoms with Crippen molar-refractivity contribution in [3.8, 4) is 0 Å². The zero-order valence-electron chi connectivity index (χ0n) is 22.2. The van der Waals surface area contributed by atoms with E-state index < -0.39 is 0 Å². The van der Waals surface area contributed by atoms with Crippen LogP contribution in [0.15, 0.2) is 63.9 Å². The number of oxime groups is 1. The number of aromatic nitrogens is 5. The van der Waals surface area contributed by atoms with Gasteiger partial charge in [0.15, 0.2) is 11.6 Å². The Kier molecular flexibility index (Phi) is 7.55. The first kappa shape index (κ1) is 26.7. The second-order valence-corrected chi connectivity index (χ2v) is 11.3. The van der Waals surface area contributed by atoms with Gasteiger partial charge in [0, 0.05) is 41.6 Å². The molecule has 0 unspecified atom stereocenters. The number of benzene rings is 1. The summed E-state index contributed by atoms with van der Waals surface area (Å²) in [6, 6.07) is 13.3. The summed E-state index contributed by atoms with van der Waals surface area (Å²) >= 11 is 1.41. The summed E-state index contributed by atoms with van der Waals surface area (Å²) in [7, 11) is 0. The van der Waals surface area contributed by atoms with Crippen LogP contribution in [0.25, 0.3) is 5.52 Å². The van der Waals surface area contributed by atoms with Gasteiger partial charge < -0.3 is 20.6 Å². The summed E-state index contributed by atoms with van der Waals surface area (Å²) in [5.74, 6) is 1.17. The number of hydrogen-bond acceptors (Lipinski definition) is 10. The predicted molar refractivity (Wildman–Crippen MR) is 149 cm³/mol. The van der Waals surface area contributed by atoms with Crippen LogP contribution in [0.3, 0.4) is 0 Å². The van der Waals surface area contributed by atoms with Gasteiger partial charge >= 0.3 is 0 Å². The average Bonchev–Trinajstić information content (AvgIpc) is 3.59. The number of fused-ring (bicyclic) bond motifs is 1. The second kappa shape index (κ2) is 11.0. The first-order chi connectivity index (χ1) is 18.6. The van der Waals surface area contributed by atoms with Crippen molar-refractivity contribution in [2.45, 2.75) is 49.5 Å². The van der Waals surface area contributed by atoms with E-state index in [2.05, 4.69) is 31.1 Å². The molecule has 1 aliphatic heterocycles. The number of H-pyrrole nitrogens is 1. The first-order valence-corrected chi connectivity index (χ1v) is 13.3. The molecule has 5 rings (SSSR count). The highest BCUT2D eigenvalue weighted by Gasteiger charge is 2.34. The number of carbonyl (C=O) groups is 1. The van der Waals surface area contributed by atoms with Crippen LogP contribution in [0, 0.1) is 6.92 Å². The summed E-state index contributed by atoms with van der Waals surface area (Å²) in [6.07, 6.45) is 1.53. The Morgan fingerprint density at radius 2 is 2.08 bits per heavy atom. The van der Waals surface area contributed by atoms with Gasteiger partial charge in [-0.2, -0.15) is 5.10 Å². The van der Waals surface area contributed by atoms with Gasteiger partial charge in [-0.15, -0.1) is 5.10 Å². The van der Waals surface area contributed by atoms with Crippen LogP contribution in [-0.2, 0) is 9.53 Å². The predicted octanol–water partition coefficient (Wildman–Crippen LogP) is 3.92. The fraction of sp³-hybridized carbons (Fsp3) is 0.346. The Labute approximate surface area is 229 Å². The van der Waals surface area contributed by atoms with Crippen molar-refractivity contribution in [3.05, 3.63) is 54.4 Å². The average molecular weight is 550 g/mol. The van der Waals surface area contributed by atoms with Crippen molar-refractivity contribution >= 4 is 46.2 Å². The molecule has 0 radical (unpaired) electrons. The van der Waals surface area contributed by atoms with Gasteiger partial charge in [0.25, 0.3) is 0 Å². The smallest absolute Gasteiger partial charge is 0.238 e. The first-order valence-electron chi connectivity index (χ1n) is 12.5. The van der Waals surface area contributed by atoms with E-state index in [1.807, 2.05) is 81.3 Å². The van der Waals surface area contributed by atoms with E-state index in [0.29, 0.717) is 41.3 Å². The molecular weight excluding hydrogens is 518 g/mol. The summed E-state index contributed by atoms with van der Waals surface area (Å²) in [5.41, 5.74) is 2.61. The van der Waals surface area contributed by atoms with Gasteiger partial charge in [-0.1, -0.05) is 5.16 Å². The maximum atomic E-state index is 12.7. The van der Waals surface area contributed by atoms with E-state index in [1.54, 1.807) is 4.52 Å². The molecule has 0 spiro atoms. The molecule has 0 saturated carbocycles. The molecule has 13 heteroatoms. The van der Waals surface area contributed by atoms with Crippen molar-refractivity contribution < 1.29 is 14.7 Å². The molecule has 4 heterocycles. The largest absolute Gasteiger partial charge is 0.411 e. The van der Waals surface area contributed by atoms with Gasteiger partial charge in [-0.25, -0.2) is 9.50 Å². The van der Waals surface area contributed by atoms with E-state index in [0.717, 1.165) is 16.1 Å². The monoisotopic (exact) mass is 549 g/mol. The number of ether oxygens (including phenoxy) is 1. The summed E-state index contributed by atoms with van der Waals surface area (Å²) in [4.78, 5) is 20.2. The molecule has 1 aliphatic rings. The van der Waals surface area contributed by atoms with Gasteiger partial charge in [0.1, 0.15) is 17.3 Å². The zero-order valence-corrected chi connectivity index (χ0v) is 23.0. The van der Waals surface area contributed by atoms with Crippen molar-refractivity contribution in [1.82, 2.24) is 29.7 Å². The zero-order chi connectivity index (χ0) is 27.6. The second-order valence-electron chi connectivity index (χ2n) is 10.3. The molecular formula is C26H31N9O3S. The van der Waals surface area contributed by atoms with Crippen LogP contribution in [-0.4, -0.2) is 77.9 Å². The van der Waals surface area contributed by atoms with E-state index >= 15 is 0 Å². The number of anilines is 3. The lowest BCUT2D eigenvalue weighted by Gasteiger charge is -2.24. The van der Waals surface area contributed by atoms with Crippen LogP contribution >= 0.6 is 11.8 Å². The summed E-state index contributed by atoms with van der Waals surface area (Å²) in [5, 5.41) is 31.2. The van der Waals surface area contributed by atoms with Gasteiger partial charge in [0.05, 0.1) is 12.1 Å². The van der Waals surface area contributed by atoms with Crippen LogP contribution in [0.2, 0.25) is 0 Å². The third-order valence-corrected chi connectivity index (χ3v) is 6.71. The lowest BCUT2D eigenvalue weighted by Crippen LogP contribution is -2.35. The molecule has 1 fully saturated rings. The number of nitrogens with zero attached hydrogens (tertiary/aromatic N) is 6. The highest BCUT2D eigenvalue weighted by atomic mass is 32.2. The van der Waals surface area contributed by atoms with E-state index in [1.165, 1.54) is 11.8 Å². The van der Waals surface area contributed by atoms with Gasteiger partial charge in [-0.3, -0.25) is 14.8 Å². The number of rotatable bonds is 8. The van der Waals surface area contributed by atoms with Crippen LogP contribution in [0.1, 0.15) is 26.5 Å². The third-order valence-electron chi connectivity index (χ3n) is 5.84. The maximum absolute atomic E-state index is 12.7. The van der Waals surface area contributed by atoms with E-state index in [4.69, 9.17) is 9.72 Å². The summed E-state index contributed by atoms with van der Waals surface area (Å²) < 4.78 is 7.74. The highest BCUT2D eigenvalue weighted by molar-refractivity contribution is 7.99. The normalized spacial score (nSPS) is 17.2. The molecule has 1 aromatic carbocycles. The van der Waals surface area contributed by atoms with Gasteiger partial charge in [0.2, 0.25) is 11.1 Å².